The topological polar surface area (TPSA) is 87.0 Å². The summed E-state index contributed by atoms with van der Waals surface area (Å²) in [5, 5.41) is 10.8. The number of aromatic hydroxyl groups is 1. The molecule has 168 valence electrons. The number of Topliss-reactive ketones (excluding diaryl/α,β-unsaturated/α-hetero) is 1. The van der Waals surface area contributed by atoms with Gasteiger partial charge in [-0.2, -0.15) is 0 Å². The molecular formula is C24H24FNO6. The number of rotatable bonds is 10. The Bertz CT molecular complexity index is 1080. The summed E-state index contributed by atoms with van der Waals surface area (Å²) in [5.41, 5.74) is 0.959. The highest BCUT2D eigenvalue weighted by Crippen LogP contribution is 2.40. The van der Waals surface area contributed by atoms with E-state index in [0.29, 0.717) is 12.3 Å². The maximum atomic E-state index is 13.4. The molecule has 0 atom stereocenters. The number of carbonyl (C=O) groups is 2. The predicted molar refractivity (Wildman–Crippen MR) is 115 cm³/mol. The molecular weight excluding hydrogens is 417 g/mol. The molecule has 8 heteroatoms. The van der Waals surface area contributed by atoms with Crippen molar-refractivity contribution in [3.8, 4) is 17.2 Å². The third-order valence-electron chi connectivity index (χ3n) is 4.57. The number of benzene rings is 2. The van der Waals surface area contributed by atoms with Crippen LogP contribution in [0.4, 0.5) is 4.39 Å². The molecule has 0 radical (unpaired) electrons. The quantitative estimate of drug-likeness (QED) is 0.287. The van der Waals surface area contributed by atoms with Crippen LogP contribution in [0, 0.1) is 5.82 Å². The van der Waals surface area contributed by atoms with Gasteiger partial charge in [0.25, 0.3) is 0 Å². The van der Waals surface area contributed by atoms with Crippen molar-refractivity contribution in [1.29, 1.82) is 0 Å². The lowest BCUT2D eigenvalue weighted by molar-refractivity contribution is 0.0513. The van der Waals surface area contributed by atoms with E-state index in [1.54, 1.807) is 6.92 Å². The highest BCUT2D eigenvalue weighted by atomic mass is 19.1. The lowest BCUT2D eigenvalue weighted by Crippen LogP contribution is -2.15. The summed E-state index contributed by atoms with van der Waals surface area (Å²) in [6.45, 7) is 3.54. The Hall–Kier alpha value is -3.65. The molecule has 0 aliphatic heterocycles. The molecule has 0 fully saturated rings. The predicted octanol–water partition coefficient (Wildman–Crippen LogP) is 4.30. The van der Waals surface area contributed by atoms with Gasteiger partial charge in [-0.3, -0.25) is 9.36 Å². The normalized spacial score (nSPS) is 10.7. The summed E-state index contributed by atoms with van der Waals surface area (Å²) < 4.78 is 30.9. The van der Waals surface area contributed by atoms with Gasteiger partial charge in [0.2, 0.25) is 0 Å². The highest BCUT2D eigenvalue weighted by Gasteiger charge is 2.32. The first kappa shape index (κ1) is 23.0. The molecule has 0 saturated heterocycles. The molecule has 0 spiro atoms. The minimum atomic E-state index is -0.841. The molecule has 3 aromatic rings. The summed E-state index contributed by atoms with van der Waals surface area (Å²) in [5.74, 6) is -2.47. The average molecular weight is 441 g/mol. The van der Waals surface area contributed by atoms with E-state index < -0.39 is 23.3 Å². The molecule has 0 aliphatic rings. The lowest BCUT2D eigenvalue weighted by Gasteiger charge is -2.12. The minimum absolute atomic E-state index is 0.0242. The van der Waals surface area contributed by atoms with Gasteiger partial charge in [-0.05, 0) is 36.8 Å². The van der Waals surface area contributed by atoms with E-state index in [0.717, 1.165) is 5.56 Å². The van der Waals surface area contributed by atoms with Crippen LogP contribution in [0.15, 0.2) is 54.6 Å². The largest absolute Gasteiger partial charge is 0.503 e. The Balaban J connectivity index is 1.89. The zero-order chi connectivity index (χ0) is 23.1. The van der Waals surface area contributed by atoms with Crippen LogP contribution in [0.5, 0.6) is 11.5 Å². The Morgan fingerprint density at radius 1 is 1.00 bits per heavy atom. The molecule has 1 N–H and O–H groups in total. The molecule has 0 aliphatic carbocycles. The van der Waals surface area contributed by atoms with Gasteiger partial charge < -0.3 is 19.3 Å². The number of hydrogen-bond donors (Lipinski definition) is 1. The second-order valence-electron chi connectivity index (χ2n) is 6.85. The first-order valence-corrected chi connectivity index (χ1v) is 10.1. The number of aromatic nitrogens is 1. The fourth-order valence-electron chi connectivity index (χ4n) is 3.20. The van der Waals surface area contributed by atoms with Crippen LogP contribution >= 0.6 is 0 Å². The van der Waals surface area contributed by atoms with Crippen molar-refractivity contribution in [3.63, 3.8) is 0 Å². The van der Waals surface area contributed by atoms with Gasteiger partial charge in [0, 0.05) is 12.6 Å². The molecule has 32 heavy (non-hydrogen) atoms. The third-order valence-corrected chi connectivity index (χ3v) is 4.57. The number of nitrogens with zero attached hydrogens (tertiary/aromatic N) is 1. The van der Waals surface area contributed by atoms with Crippen molar-refractivity contribution in [2.24, 2.45) is 0 Å². The third kappa shape index (κ3) is 5.15. The Labute approximate surface area is 185 Å². The number of halogens is 1. The van der Waals surface area contributed by atoms with E-state index in [-0.39, 0.29) is 37.0 Å². The number of hydrogen-bond acceptors (Lipinski definition) is 6. The SMILES string of the molecule is CCOC(=O)c1c(O)c(OCCOCc2ccccc2)c(C(C)=O)n1-c1ccc(F)cc1. The Kier molecular flexibility index (Phi) is 7.62. The van der Waals surface area contributed by atoms with Gasteiger partial charge in [-0.1, -0.05) is 30.3 Å². The van der Waals surface area contributed by atoms with Crippen molar-refractivity contribution < 1.29 is 33.3 Å². The number of ketones is 1. The van der Waals surface area contributed by atoms with Crippen molar-refractivity contribution in [1.82, 2.24) is 4.57 Å². The van der Waals surface area contributed by atoms with E-state index in [2.05, 4.69) is 0 Å². The van der Waals surface area contributed by atoms with Crippen molar-refractivity contribution >= 4 is 11.8 Å². The van der Waals surface area contributed by atoms with E-state index in [1.165, 1.54) is 35.8 Å². The molecule has 7 nitrogen and oxygen atoms in total. The van der Waals surface area contributed by atoms with Crippen LogP contribution in [-0.4, -0.2) is 41.2 Å². The maximum absolute atomic E-state index is 13.4. The molecule has 2 aromatic carbocycles. The van der Waals surface area contributed by atoms with Gasteiger partial charge in [-0.25, -0.2) is 9.18 Å². The molecule has 3 rings (SSSR count). The summed E-state index contributed by atoms with van der Waals surface area (Å²) >= 11 is 0. The van der Waals surface area contributed by atoms with E-state index in [1.807, 2.05) is 30.3 Å². The molecule has 0 amide bonds. The van der Waals surface area contributed by atoms with Crippen molar-refractivity contribution in [2.45, 2.75) is 20.5 Å². The lowest BCUT2D eigenvalue weighted by atomic mass is 10.2. The van der Waals surface area contributed by atoms with Crippen LogP contribution in [0.3, 0.4) is 0 Å². The van der Waals surface area contributed by atoms with Gasteiger partial charge in [0.15, 0.2) is 23.0 Å². The molecule has 1 heterocycles. The van der Waals surface area contributed by atoms with Crippen molar-refractivity contribution in [3.05, 3.63) is 77.4 Å². The molecule has 1 aromatic heterocycles. The highest BCUT2D eigenvalue weighted by molar-refractivity contribution is 6.02. The zero-order valence-electron chi connectivity index (χ0n) is 17.8. The van der Waals surface area contributed by atoms with Gasteiger partial charge in [0.1, 0.15) is 18.1 Å². The summed E-state index contributed by atoms with van der Waals surface area (Å²) in [6.07, 6.45) is 0. The van der Waals surface area contributed by atoms with E-state index in [9.17, 15) is 19.1 Å². The zero-order valence-corrected chi connectivity index (χ0v) is 17.8. The number of esters is 1. The minimum Gasteiger partial charge on any atom is -0.503 e. The number of ether oxygens (including phenoxy) is 3. The fraction of sp³-hybridized carbons (Fsp3) is 0.250. The van der Waals surface area contributed by atoms with Crippen molar-refractivity contribution in [2.75, 3.05) is 19.8 Å². The average Bonchev–Trinajstić information content (AvgIpc) is 3.07. The second-order valence-corrected chi connectivity index (χ2v) is 6.85. The summed E-state index contributed by atoms with van der Waals surface area (Å²) in [4.78, 5) is 25.1. The maximum Gasteiger partial charge on any atom is 0.359 e. The van der Waals surface area contributed by atoms with Crippen LogP contribution in [0.1, 0.15) is 40.4 Å². The first-order valence-electron chi connectivity index (χ1n) is 10.1. The Morgan fingerprint density at radius 2 is 1.69 bits per heavy atom. The standard InChI is InChI=1S/C24H24FNO6/c1-3-31-24(29)21-22(28)23(32-14-13-30-15-17-7-5-4-6-8-17)20(16(2)27)26(21)19-11-9-18(25)10-12-19/h4-12,28H,3,13-15H2,1-2H3. The Morgan fingerprint density at radius 3 is 2.31 bits per heavy atom. The summed E-state index contributed by atoms with van der Waals surface area (Å²) in [6, 6.07) is 14.7. The fourth-order valence-corrected chi connectivity index (χ4v) is 3.20. The van der Waals surface area contributed by atoms with Crippen LogP contribution < -0.4 is 4.74 Å². The smallest absolute Gasteiger partial charge is 0.359 e. The molecule has 0 bridgehead atoms. The monoisotopic (exact) mass is 441 g/mol. The second kappa shape index (κ2) is 10.6. The van der Waals surface area contributed by atoms with Gasteiger partial charge in [0.05, 0.1) is 19.8 Å². The molecule has 0 saturated carbocycles. The van der Waals surface area contributed by atoms with Crippen LogP contribution in [0.2, 0.25) is 0 Å². The molecule has 0 unspecified atom stereocenters. The summed E-state index contributed by atoms with van der Waals surface area (Å²) in [7, 11) is 0. The van der Waals surface area contributed by atoms with E-state index >= 15 is 0 Å². The van der Waals surface area contributed by atoms with Gasteiger partial charge in [-0.15, -0.1) is 0 Å². The van der Waals surface area contributed by atoms with E-state index in [4.69, 9.17) is 14.2 Å². The number of carbonyl (C=O) groups excluding carboxylic acids is 2. The first-order chi connectivity index (χ1) is 15.4. The van der Waals surface area contributed by atoms with Crippen LogP contribution in [-0.2, 0) is 16.1 Å². The van der Waals surface area contributed by atoms with Crippen LogP contribution in [0.25, 0.3) is 5.69 Å². The van der Waals surface area contributed by atoms with Gasteiger partial charge >= 0.3 is 5.97 Å².